The van der Waals surface area contributed by atoms with Crippen molar-refractivity contribution in [2.75, 3.05) is 26.0 Å². The molecule has 0 aliphatic heterocycles. The molecular weight excluding hydrogens is 364 g/mol. The lowest BCUT2D eigenvalue weighted by atomic mass is 10.0. The fraction of sp³-hybridized carbons (Fsp3) is 0.350. The summed E-state index contributed by atoms with van der Waals surface area (Å²) in [6.45, 7) is 5.58. The fourth-order valence-electron chi connectivity index (χ4n) is 2.63. The molecule has 27 heavy (non-hydrogen) atoms. The number of methoxy groups -OCH3 is 1. The minimum atomic E-state index is -3.89. The van der Waals surface area contributed by atoms with Crippen LogP contribution in [0.3, 0.4) is 0 Å². The molecular formula is C20H26N2O4S. The van der Waals surface area contributed by atoms with Crippen LogP contribution in [0.25, 0.3) is 0 Å². The molecule has 0 heterocycles. The summed E-state index contributed by atoms with van der Waals surface area (Å²) in [5.74, 6) is 0.00998. The Morgan fingerprint density at radius 2 is 1.89 bits per heavy atom. The number of likely N-dealkylation sites (N-methyl/N-ethyl adjacent to an activating group) is 1. The van der Waals surface area contributed by atoms with Gasteiger partial charge < -0.3 is 10.1 Å². The predicted molar refractivity (Wildman–Crippen MR) is 107 cm³/mol. The summed E-state index contributed by atoms with van der Waals surface area (Å²) in [4.78, 5) is 12.4. The van der Waals surface area contributed by atoms with Gasteiger partial charge in [0.05, 0.1) is 13.7 Å². The van der Waals surface area contributed by atoms with Crippen molar-refractivity contribution in [3.8, 4) is 5.75 Å². The van der Waals surface area contributed by atoms with Crippen LogP contribution in [0.15, 0.2) is 47.4 Å². The molecule has 0 fully saturated rings. The number of nitrogens with one attached hydrogen (secondary N) is 1. The SMILES string of the molecule is COc1ccc(C(C)C)cc1S(=O)(=O)N(C)CC(=O)Nc1cccc(C)c1. The maximum absolute atomic E-state index is 13.0. The minimum absolute atomic E-state index is 0.0575. The van der Waals surface area contributed by atoms with Crippen LogP contribution in [0, 0.1) is 6.92 Å². The van der Waals surface area contributed by atoms with E-state index in [1.807, 2.05) is 45.0 Å². The van der Waals surface area contributed by atoms with Crippen LogP contribution in [-0.4, -0.2) is 39.3 Å². The first-order valence-electron chi connectivity index (χ1n) is 8.66. The normalized spacial score (nSPS) is 11.7. The Balaban J connectivity index is 2.23. The van der Waals surface area contributed by atoms with Gasteiger partial charge >= 0.3 is 0 Å². The van der Waals surface area contributed by atoms with E-state index in [1.54, 1.807) is 18.2 Å². The lowest BCUT2D eigenvalue weighted by Gasteiger charge is -2.20. The molecule has 2 rings (SSSR count). The van der Waals surface area contributed by atoms with Crippen molar-refractivity contribution in [3.05, 3.63) is 53.6 Å². The molecule has 0 saturated carbocycles. The van der Waals surface area contributed by atoms with Crippen molar-refractivity contribution in [2.45, 2.75) is 31.6 Å². The number of carbonyl (C=O) groups excluding carboxylic acids is 1. The molecule has 0 bridgehead atoms. The second kappa shape index (κ2) is 8.54. The Morgan fingerprint density at radius 1 is 1.19 bits per heavy atom. The number of ether oxygens (including phenoxy) is 1. The maximum Gasteiger partial charge on any atom is 0.246 e. The molecule has 2 aromatic rings. The second-order valence-electron chi connectivity index (χ2n) is 6.74. The average molecular weight is 391 g/mol. The van der Waals surface area contributed by atoms with Gasteiger partial charge in [0, 0.05) is 12.7 Å². The predicted octanol–water partition coefficient (Wildman–Crippen LogP) is 3.39. The number of sulfonamides is 1. The molecule has 2 aromatic carbocycles. The van der Waals surface area contributed by atoms with E-state index in [4.69, 9.17) is 4.74 Å². The Hall–Kier alpha value is -2.38. The summed E-state index contributed by atoms with van der Waals surface area (Å²) >= 11 is 0. The molecule has 6 nitrogen and oxygen atoms in total. The molecule has 1 N–H and O–H groups in total. The first-order chi connectivity index (χ1) is 12.6. The summed E-state index contributed by atoms with van der Waals surface area (Å²) in [5.41, 5.74) is 2.51. The van der Waals surface area contributed by atoms with Crippen LogP contribution in [0.4, 0.5) is 5.69 Å². The second-order valence-corrected chi connectivity index (χ2v) is 8.76. The zero-order valence-corrected chi connectivity index (χ0v) is 17.1. The van der Waals surface area contributed by atoms with Crippen LogP contribution in [0.2, 0.25) is 0 Å². The van der Waals surface area contributed by atoms with Gasteiger partial charge in [-0.05, 0) is 48.2 Å². The van der Waals surface area contributed by atoms with Gasteiger partial charge in [-0.3, -0.25) is 4.79 Å². The third-order valence-corrected chi connectivity index (χ3v) is 6.04. The van der Waals surface area contributed by atoms with E-state index in [0.29, 0.717) is 5.69 Å². The maximum atomic E-state index is 13.0. The van der Waals surface area contributed by atoms with E-state index >= 15 is 0 Å². The topological polar surface area (TPSA) is 75.7 Å². The molecule has 0 unspecified atom stereocenters. The highest BCUT2D eigenvalue weighted by Crippen LogP contribution is 2.29. The molecule has 0 atom stereocenters. The molecule has 0 spiro atoms. The van der Waals surface area contributed by atoms with Gasteiger partial charge in [0.2, 0.25) is 15.9 Å². The van der Waals surface area contributed by atoms with Gasteiger partial charge in [0.25, 0.3) is 0 Å². The summed E-state index contributed by atoms with van der Waals surface area (Å²) in [7, 11) is -1.08. The number of benzene rings is 2. The van der Waals surface area contributed by atoms with Gasteiger partial charge in [-0.2, -0.15) is 4.31 Å². The van der Waals surface area contributed by atoms with Gasteiger partial charge in [0.15, 0.2) is 0 Å². The first kappa shape index (κ1) is 20.9. The third kappa shape index (κ3) is 5.08. The van der Waals surface area contributed by atoms with Gasteiger partial charge in [-0.15, -0.1) is 0 Å². The number of nitrogens with zero attached hydrogens (tertiary/aromatic N) is 1. The van der Waals surface area contributed by atoms with Crippen LogP contribution in [0.5, 0.6) is 5.75 Å². The smallest absolute Gasteiger partial charge is 0.246 e. The lowest BCUT2D eigenvalue weighted by molar-refractivity contribution is -0.116. The quantitative estimate of drug-likeness (QED) is 0.786. The number of rotatable bonds is 7. The van der Waals surface area contributed by atoms with Gasteiger partial charge in [-0.1, -0.05) is 32.0 Å². The zero-order chi connectivity index (χ0) is 20.2. The van der Waals surface area contributed by atoms with Crippen molar-refractivity contribution in [1.82, 2.24) is 4.31 Å². The van der Waals surface area contributed by atoms with E-state index in [9.17, 15) is 13.2 Å². The molecule has 0 saturated heterocycles. The van der Waals surface area contributed by atoms with Crippen LogP contribution in [-0.2, 0) is 14.8 Å². The van der Waals surface area contributed by atoms with Crippen molar-refractivity contribution in [2.24, 2.45) is 0 Å². The van der Waals surface area contributed by atoms with Crippen molar-refractivity contribution in [3.63, 3.8) is 0 Å². The highest BCUT2D eigenvalue weighted by atomic mass is 32.2. The third-order valence-electron chi connectivity index (χ3n) is 4.21. The van der Waals surface area contributed by atoms with E-state index in [-0.39, 0.29) is 23.1 Å². The largest absolute Gasteiger partial charge is 0.495 e. The van der Waals surface area contributed by atoms with Crippen LogP contribution < -0.4 is 10.1 Å². The van der Waals surface area contributed by atoms with E-state index < -0.39 is 15.9 Å². The van der Waals surface area contributed by atoms with Gasteiger partial charge in [0.1, 0.15) is 10.6 Å². The number of aryl methyl sites for hydroxylation is 1. The fourth-order valence-corrected chi connectivity index (χ4v) is 3.95. The lowest BCUT2D eigenvalue weighted by Crippen LogP contribution is -2.35. The molecule has 7 heteroatoms. The highest BCUT2D eigenvalue weighted by Gasteiger charge is 2.27. The highest BCUT2D eigenvalue weighted by molar-refractivity contribution is 7.89. The van der Waals surface area contributed by atoms with Crippen LogP contribution >= 0.6 is 0 Å². The number of hydrogen-bond acceptors (Lipinski definition) is 4. The molecule has 1 amide bonds. The minimum Gasteiger partial charge on any atom is -0.495 e. The number of anilines is 1. The van der Waals surface area contributed by atoms with E-state index in [2.05, 4.69) is 5.32 Å². The summed E-state index contributed by atoms with van der Waals surface area (Å²) in [6, 6.07) is 12.4. The standard InChI is InChI=1S/C20H26N2O4S/c1-14(2)16-9-10-18(26-5)19(12-16)27(24,25)22(4)13-20(23)21-17-8-6-7-15(3)11-17/h6-12,14H,13H2,1-5H3,(H,21,23). The van der Waals surface area contributed by atoms with E-state index in [0.717, 1.165) is 15.4 Å². The zero-order valence-electron chi connectivity index (χ0n) is 16.3. The monoisotopic (exact) mass is 390 g/mol. The Bertz CT molecular complexity index is 923. The summed E-state index contributed by atoms with van der Waals surface area (Å²) < 4.78 is 32.2. The first-order valence-corrected chi connectivity index (χ1v) is 10.1. The number of carbonyl (C=O) groups is 1. The summed E-state index contributed by atoms with van der Waals surface area (Å²) in [5, 5.41) is 2.72. The molecule has 0 aromatic heterocycles. The van der Waals surface area contributed by atoms with Crippen molar-refractivity contribution >= 4 is 21.6 Å². The Morgan fingerprint density at radius 3 is 2.48 bits per heavy atom. The van der Waals surface area contributed by atoms with Crippen LogP contribution in [0.1, 0.15) is 30.9 Å². The molecule has 0 radical (unpaired) electrons. The Kier molecular flexibility index (Phi) is 6.62. The Labute approximate surface area is 161 Å². The average Bonchev–Trinajstić information content (AvgIpc) is 2.60. The van der Waals surface area contributed by atoms with Crippen molar-refractivity contribution in [1.29, 1.82) is 0 Å². The van der Waals surface area contributed by atoms with Crippen molar-refractivity contribution < 1.29 is 17.9 Å². The van der Waals surface area contributed by atoms with E-state index in [1.165, 1.54) is 14.2 Å². The summed E-state index contributed by atoms with van der Waals surface area (Å²) in [6.07, 6.45) is 0. The number of hydrogen-bond donors (Lipinski definition) is 1. The molecule has 0 aliphatic rings. The van der Waals surface area contributed by atoms with Gasteiger partial charge in [-0.25, -0.2) is 8.42 Å². The number of amides is 1. The molecule has 0 aliphatic carbocycles. The molecule has 146 valence electrons.